The first-order valence-electron chi connectivity index (χ1n) is 5.49. The molecule has 0 spiro atoms. The van der Waals surface area contributed by atoms with Gasteiger partial charge in [-0.05, 0) is 25.0 Å². The highest BCUT2D eigenvalue weighted by Crippen LogP contribution is 2.17. The molecule has 1 aromatic carbocycles. The second kappa shape index (κ2) is 5.34. The average Bonchev–Trinajstić information content (AvgIpc) is 2.90. The lowest BCUT2D eigenvalue weighted by atomic mass is 10.2. The van der Waals surface area contributed by atoms with Crippen LogP contribution in [-0.4, -0.2) is 30.4 Å². The zero-order chi connectivity index (χ0) is 12.1. The summed E-state index contributed by atoms with van der Waals surface area (Å²) < 4.78 is 0. The molecule has 1 heterocycles. The van der Waals surface area contributed by atoms with Gasteiger partial charge in [0.05, 0.1) is 5.56 Å². The normalized spacial score (nSPS) is 14.5. The Morgan fingerprint density at radius 1 is 1.24 bits per heavy atom. The summed E-state index contributed by atoms with van der Waals surface area (Å²) >= 11 is 0. The van der Waals surface area contributed by atoms with Crippen LogP contribution in [-0.2, 0) is 4.89 Å². The van der Waals surface area contributed by atoms with Gasteiger partial charge in [-0.1, -0.05) is 12.1 Å². The molecule has 1 fully saturated rings. The fraction of sp³-hybridized carbons (Fsp3) is 0.333. The third-order valence-electron chi connectivity index (χ3n) is 2.61. The number of carbonyl (C=O) groups is 2. The fourth-order valence-electron chi connectivity index (χ4n) is 1.69. The Labute approximate surface area is 98.9 Å². The Kier molecular flexibility index (Phi) is 3.59. The Balaban J connectivity index is 1.92. The molecule has 0 saturated carbocycles. The van der Waals surface area contributed by atoms with Crippen LogP contribution >= 0.6 is 0 Å². The fourth-order valence-corrected chi connectivity index (χ4v) is 1.69. The highest BCUT2D eigenvalue weighted by Gasteiger charge is 2.20. The summed E-state index contributed by atoms with van der Waals surface area (Å²) in [6.07, 6.45) is 2.11. The first-order valence-corrected chi connectivity index (χ1v) is 5.49. The molecular formula is C12H13NO4. The van der Waals surface area contributed by atoms with Gasteiger partial charge in [-0.25, -0.2) is 9.68 Å². The maximum atomic E-state index is 11.5. The molecule has 1 aromatic rings. The van der Waals surface area contributed by atoms with Crippen molar-refractivity contribution in [3.05, 3.63) is 29.8 Å². The summed E-state index contributed by atoms with van der Waals surface area (Å²) in [6, 6.07) is 6.57. The molecule has 2 rings (SSSR count). The van der Waals surface area contributed by atoms with Crippen LogP contribution in [0.2, 0.25) is 0 Å². The van der Waals surface area contributed by atoms with E-state index >= 15 is 0 Å². The number of aldehydes is 1. The highest BCUT2D eigenvalue weighted by molar-refractivity contribution is 5.79. The van der Waals surface area contributed by atoms with Gasteiger partial charge in [0.15, 0.2) is 12.0 Å². The minimum atomic E-state index is -0.511. The van der Waals surface area contributed by atoms with E-state index in [1.54, 1.807) is 29.2 Å². The Morgan fingerprint density at radius 2 is 1.94 bits per heavy atom. The zero-order valence-electron chi connectivity index (χ0n) is 9.30. The van der Waals surface area contributed by atoms with Crippen molar-refractivity contribution in [3.63, 3.8) is 0 Å². The van der Waals surface area contributed by atoms with Crippen molar-refractivity contribution >= 4 is 12.4 Å². The molecule has 17 heavy (non-hydrogen) atoms. The van der Waals surface area contributed by atoms with Crippen molar-refractivity contribution in [1.29, 1.82) is 0 Å². The van der Waals surface area contributed by atoms with E-state index in [0.29, 0.717) is 24.9 Å². The van der Waals surface area contributed by atoms with Crippen LogP contribution in [0.1, 0.15) is 23.2 Å². The molecule has 0 aliphatic carbocycles. The van der Waals surface area contributed by atoms with Crippen molar-refractivity contribution in [3.8, 4) is 5.75 Å². The first kappa shape index (κ1) is 11.4. The van der Waals surface area contributed by atoms with Crippen LogP contribution < -0.4 is 4.89 Å². The molecular weight excluding hydrogens is 222 g/mol. The van der Waals surface area contributed by atoms with Crippen molar-refractivity contribution < 1.29 is 19.4 Å². The third-order valence-corrected chi connectivity index (χ3v) is 2.61. The predicted octanol–water partition coefficient (Wildman–Crippen LogP) is 2.03. The van der Waals surface area contributed by atoms with Crippen molar-refractivity contribution in [1.82, 2.24) is 4.90 Å². The number of hydrogen-bond donors (Lipinski definition) is 0. The molecule has 5 heteroatoms. The molecule has 0 unspecified atom stereocenters. The number of nitrogens with zero attached hydrogens (tertiary/aromatic N) is 1. The van der Waals surface area contributed by atoms with E-state index in [1.807, 2.05) is 0 Å². The monoisotopic (exact) mass is 235 g/mol. The van der Waals surface area contributed by atoms with Crippen molar-refractivity contribution in [2.45, 2.75) is 12.8 Å². The maximum absolute atomic E-state index is 11.5. The largest absolute Gasteiger partial charge is 0.452 e. The predicted molar refractivity (Wildman–Crippen MR) is 59.7 cm³/mol. The lowest BCUT2D eigenvalue weighted by molar-refractivity contribution is -0.152. The van der Waals surface area contributed by atoms with Gasteiger partial charge >= 0.3 is 6.09 Å². The topological polar surface area (TPSA) is 55.8 Å². The Hall–Kier alpha value is -2.04. The molecule has 0 bridgehead atoms. The zero-order valence-corrected chi connectivity index (χ0v) is 9.30. The van der Waals surface area contributed by atoms with Crippen LogP contribution in [0.4, 0.5) is 4.79 Å². The first-order chi connectivity index (χ1) is 8.31. The van der Waals surface area contributed by atoms with E-state index in [4.69, 9.17) is 4.89 Å². The molecule has 0 aromatic heterocycles. The molecule has 1 amide bonds. The third kappa shape index (κ3) is 2.75. The molecule has 0 N–H and O–H groups in total. The van der Waals surface area contributed by atoms with Gasteiger partial charge in [0.2, 0.25) is 0 Å². The van der Waals surface area contributed by atoms with Gasteiger partial charge in [0.1, 0.15) is 0 Å². The summed E-state index contributed by atoms with van der Waals surface area (Å²) in [7, 11) is 0. The van der Waals surface area contributed by atoms with E-state index in [1.165, 1.54) is 0 Å². The molecule has 1 aliphatic rings. The summed E-state index contributed by atoms with van der Waals surface area (Å²) in [6.45, 7) is 1.38. The summed E-state index contributed by atoms with van der Waals surface area (Å²) in [5.74, 6) is 0.245. The lowest BCUT2D eigenvalue weighted by Crippen LogP contribution is -2.29. The van der Waals surface area contributed by atoms with Gasteiger partial charge in [0, 0.05) is 13.1 Å². The van der Waals surface area contributed by atoms with Gasteiger partial charge in [-0.3, -0.25) is 9.68 Å². The van der Waals surface area contributed by atoms with Crippen LogP contribution in [0.25, 0.3) is 0 Å². The van der Waals surface area contributed by atoms with Gasteiger partial charge in [0.25, 0.3) is 0 Å². The lowest BCUT2D eigenvalue weighted by Gasteiger charge is -2.13. The van der Waals surface area contributed by atoms with Crippen molar-refractivity contribution in [2.24, 2.45) is 0 Å². The highest BCUT2D eigenvalue weighted by atomic mass is 17.2. The average molecular weight is 235 g/mol. The van der Waals surface area contributed by atoms with E-state index in [0.717, 1.165) is 12.8 Å². The number of likely N-dealkylation sites (tertiary alicyclic amines) is 1. The number of rotatable bonds is 3. The van der Waals surface area contributed by atoms with E-state index < -0.39 is 6.09 Å². The molecule has 0 radical (unpaired) electrons. The maximum Gasteiger partial charge on any atom is 0.452 e. The summed E-state index contributed by atoms with van der Waals surface area (Å²) in [4.78, 5) is 33.3. The standard InChI is InChI=1S/C12H13NO4/c14-9-10-5-1-2-6-11(10)16-17-12(15)13-7-3-4-8-13/h1-2,5-6,9H,3-4,7-8H2. The second-order valence-corrected chi connectivity index (χ2v) is 3.78. The molecule has 1 aliphatic heterocycles. The Morgan fingerprint density at radius 3 is 2.65 bits per heavy atom. The second-order valence-electron chi connectivity index (χ2n) is 3.78. The number of para-hydroxylation sites is 1. The van der Waals surface area contributed by atoms with Crippen LogP contribution in [0.5, 0.6) is 5.75 Å². The van der Waals surface area contributed by atoms with Gasteiger partial charge < -0.3 is 4.90 Å². The number of benzene rings is 1. The molecule has 0 atom stereocenters. The minimum Gasteiger partial charge on any atom is -0.305 e. The molecule has 5 nitrogen and oxygen atoms in total. The van der Waals surface area contributed by atoms with Gasteiger partial charge in [-0.15, -0.1) is 0 Å². The quantitative estimate of drug-likeness (QED) is 0.457. The Bertz CT molecular complexity index is 413. The summed E-state index contributed by atoms with van der Waals surface area (Å²) in [5.41, 5.74) is 0.349. The summed E-state index contributed by atoms with van der Waals surface area (Å²) in [5, 5.41) is 0. The van der Waals surface area contributed by atoms with Gasteiger partial charge in [-0.2, -0.15) is 0 Å². The smallest absolute Gasteiger partial charge is 0.305 e. The minimum absolute atomic E-state index is 0.245. The molecule has 90 valence electrons. The number of hydrogen-bond acceptors (Lipinski definition) is 4. The SMILES string of the molecule is O=Cc1ccccc1OOC(=O)N1CCCC1. The van der Waals surface area contributed by atoms with Crippen LogP contribution in [0.15, 0.2) is 24.3 Å². The van der Waals surface area contributed by atoms with Crippen LogP contribution in [0, 0.1) is 0 Å². The number of amides is 1. The van der Waals surface area contributed by atoms with E-state index in [2.05, 4.69) is 4.89 Å². The van der Waals surface area contributed by atoms with Crippen molar-refractivity contribution in [2.75, 3.05) is 13.1 Å². The van der Waals surface area contributed by atoms with E-state index in [-0.39, 0.29) is 5.75 Å². The number of carbonyl (C=O) groups excluding carboxylic acids is 2. The molecule has 1 saturated heterocycles. The van der Waals surface area contributed by atoms with E-state index in [9.17, 15) is 9.59 Å². The van der Waals surface area contributed by atoms with Crippen LogP contribution in [0.3, 0.4) is 0 Å².